The second kappa shape index (κ2) is 3.09. The summed E-state index contributed by atoms with van der Waals surface area (Å²) in [6.07, 6.45) is 3.95. The summed E-state index contributed by atoms with van der Waals surface area (Å²) in [5.41, 5.74) is 0.920. The fourth-order valence-electron chi connectivity index (χ4n) is 2.83. The summed E-state index contributed by atoms with van der Waals surface area (Å²) in [5, 5.41) is 9.29. The molecule has 2 aliphatic rings. The molecule has 2 atom stereocenters. The maximum atomic E-state index is 11.2. The summed E-state index contributed by atoms with van der Waals surface area (Å²) in [6.45, 7) is 0. The fourth-order valence-corrected chi connectivity index (χ4v) is 2.83. The molecule has 3 rings (SSSR count). The normalized spacial score (nSPS) is 32.4. The van der Waals surface area contributed by atoms with Gasteiger partial charge in [-0.2, -0.15) is 0 Å². The molecule has 0 radical (unpaired) electrons. The van der Waals surface area contributed by atoms with E-state index in [1.54, 1.807) is 0 Å². The predicted molar refractivity (Wildman–Crippen MR) is 57.9 cm³/mol. The number of fused-ring (bicyclic) bond motifs is 1. The zero-order chi connectivity index (χ0) is 10.4. The molecule has 2 saturated carbocycles. The highest BCUT2D eigenvalue weighted by Gasteiger charge is 2.45. The van der Waals surface area contributed by atoms with Crippen LogP contribution in [0.3, 0.4) is 0 Å². The van der Waals surface area contributed by atoms with Gasteiger partial charge in [-0.1, -0.05) is 12.1 Å². The molecule has 0 heterocycles. The van der Waals surface area contributed by atoms with Crippen molar-refractivity contribution in [2.24, 2.45) is 11.8 Å². The number of hydrogen-bond acceptors (Lipinski definition) is 2. The lowest BCUT2D eigenvalue weighted by molar-refractivity contribution is 0.471. The van der Waals surface area contributed by atoms with Gasteiger partial charge in [-0.3, -0.25) is 4.79 Å². The van der Waals surface area contributed by atoms with E-state index in [1.165, 1.54) is 37.0 Å². The SMILES string of the molecule is O=c1ccc(C2CC3CC3C2)ccc1O. The van der Waals surface area contributed by atoms with Crippen molar-refractivity contribution in [1.82, 2.24) is 0 Å². The van der Waals surface area contributed by atoms with Crippen molar-refractivity contribution in [2.75, 3.05) is 0 Å². The Bertz CT molecular complexity index is 443. The molecule has 0 amide bonds. The van der Waals surface area contributed by atoms with E-state index in [0.29, 0.717) is 5.92 Å². The highest BCUT2D eigenvalue weighted by atomic mass is 16.3. The Morgan fingerprint density at radius 1 is 1.00 bits per heavy atom. The van der Waals surface area contributed by atoms with Crippen LogP contribution >= 0.6 is 0 Å². The third kappa shape index (κ3) is 1.54. The van der Waals surface area contributed by atoms with Gasteiger partial charge in [0, 0.05) is 0 Å². The molecule has 2 unspecified atom stereocenters. The van der Waals surface area contributed by atoms with Gasteiger partial charge in [-0.05, 0) is 54.7 Å². The van der Waals surface area contributed by atoms with Crippen molar-refractivity contribution in [3.8, 4) is 5.75 Å². The molecular formula is C13H14O2. The number of aromatic hydroxyl groups is 1. The summed E-state index contributed by atoms with van der Waals surface area (Å²) < 4.78 is 0. The molecule has 0 bridgehead atoms. The van der Waals surface area contributed by atoms with Gasteiger partial charge in [0.2, 0.25) is 5.43 Å². The third-order valence-electron chi connectivity index (χ3n) is 3.83. The van der Waals surface area contributed by atoms with Crippen molar-refractivity contribution in [3.05, 3.63) is 40.1 Å². The van der Waals surface area contributed by atoms with E-state index in [2.05, 4.69) is 0 Å². The average molecular weight is 202 g/mol. The molecule has 1 N–H and O–H groups in total. The summed E-state index contributed by atoms with van der Waals surface area (Å²) in [7, 11) is 0. The molecule has 2 fully saturated rings. The number of rotatable bonds is 1. The minimum absolute atomic E-state index is 0.149. The van der Waals surface area contributed by atoms with Gasteiger partial charge in [0.15, 0.2) is 5.75 Å². The zero-order valence-electron chi connectivity index (χ0n) is 8.52. The maximum Gasteiger partial charge on any atom is 0.220 e. The minimum atomic E-state index is -0.288. The maximum absolute atomic E-state index is 11.2. The Labute approximate surface area is 88.6 Å². The molecule has 78 valence electrons. The first-order chi connectivity index (χ1) is 7.24. The quantitative estimate of drug-likeness (QED) is 0.758. The molecular weight excluding hydrogens is 188 g/mol. The van der Waals surface area contributed by atoms with E-state index in [9.17, 15) is 9.90 Å². The van der Waals surface area contributed by atoms with E-state index in [0.717, 1.165) is 11.8 Å². The fraction of sp³-hybridized carbons (Fsp3) is 0.462. The van der Waals surface area contributed by atoms with Crippen LogP contribution in [-0.2, 0) is 0 Å². The molecule has 0 spiro atoms. The largest absolute Gasteiger partial charge is 0.504 e. The first-order valence-electron chi connectivity index (χ1n) is 5.57. The van der Waals surface area contributed by atoms with Crippen LogP contribution in [0.4, 0.5) is 0 Å². The van der Waals surface area contributed by atoms with Crippen LogP contribution in [0.5, 0.6) is 5.75 Å². The van der Waals surface area contributed by atoms with Crippen molar-refractivity contribution < 1.29 is 5.11 Å². The molecule has 1 aromatic rings. The predicted octanol–water partition coefficient (Wildman–Crippen LogP) is 2.27. The lowest BCUT2D eigenvalue weighted by atomic mass is 9.96. The van der Waals surface area contributed by atoms with Crippen molar-refractivity contribution in [1.29, 1.82) is 0 Å². The zero-order valence-corrected chi connectivity index (χ0v) is 8.52. The monoisotopic (exact) mass is 202 g/mol. The van der Waals surface area contributed by atoms with Gasteiger partial charge >= 0.3 is 0 Å². The first kappa shape index (κ1) is 8.96. The molecule has 0 saturated heterocycles. The van der Waals surface area contributed by atoms with Gasteiger partial charge in [-0.25, -0.2) is 0 Å². The van der Waals surface area contributed by atoms with Gasteiger partial charge < -0.3 is 5.11 Å². The van der Waals surface area contributed by atoms with Crippen LogP contribution in [0.1, 0.15) is 30.7 Å². The number of hydrogen-bond donors (Lipinski definition) is 1. The third-order valence-corrected chi connectivity index (χ3v) is 3.83. The van der Waals surface area contributed by atoms with E-state index in [-0.39, 0.29) is 11.2 Å². The Balaban J connectivity index is 1.92. The van der Waals surface area contributed by atoms with Crippen molar-refractivity contribution in [2.45, 2.75) is 25.2 Å². The second-order valence-electron chi connectivity index (χ2n) is 4.84. The lowest BCUT2D eigenvalue weighted by Crippen LogP contribution is -1.94. The summed E-state index contributed by atoms with van der Waals surface area (Å²) in [5.74, 6) is 2.35. The Hall–Kier alpha value is -1.31. The van der Waals surface area contributed by atoms with Crippen LogP contribution in [-0.4, -0.2) is 5.11 Å². The Kier molecular flexibility index (Phi) is 1.84. The Morgan fingerprint density at radius 2 is 1.67 bits per heavy atom. The summed E-state index contributed by atoms with van der Waals surface area (Å²) in [6, 6.07) is 6.78. The van der Waals surface area contributed by atoms with Gasteiger partial charge in [0.1, 0.15) is 0 Å². The van der Waals surface area contributed by atoms with Gasteiger partial charge in [0.25, 0.3) is 0 Å². The molecule has 0 aliphatic heterocycles. The van der Waals surface area contributed by atoms with Crippen molar-refractivity contribution >= 4 is 0 Å². The van der Waals surface area contributed by atoms with Crippen LogP contribution in [0.15, 0.2) is 29.1 Å². The highest BCUT2D eigenvalue weighted by molar-refractivity contribution is 5.27. The van der Waals surface area contributed by atoms with Crippen LogP contribution in [0.25, 0.3) is 0 Å². The van der Waals surface area contributed by atoms with Crippen molar-refractivity contribution in [3.63, 3.8) is 0 Å². The first-order valence-corrected chi connectivity index (χ1v) is 5.57. The molecule has 0 aromatic heterocycles. The summed E-state index contributed by atoms with van der Waals surface area (Å²) >= 11 is 0. The van der Waals surface area contributed by atoms with Crippen LogP contribution < -0.4 is 5.43 Å². The lowest BCUT2D eigenvalue weighted by Gasteiger charge is -2.09. The van der Waals surface area contributed by atoms with Gasteiger partial charge in [-0.15, -0.1) is 0 Å². The van der Waals surface area contributed by atoms with E-state index >= 15 is 0 Å². The molecule has 2 nitrogen and oxygen atoms in total. The second-order valence-corrected chi connectivity index (χ2v) is 4.84. The van der Waals surface area contributed by atoms with E-state index < -0.39 is 0 Å². The standard InChI is InChI=1S/C13H14O2/c14-12-3-1-8(2-4-13(12)15)9-5-10-7-11(10)6-9/h1-4,9-11H,5-7H2,(H,14,15). The smallest absolute Gasteiger partial charge is 0.220 e. The van der Waals surface area contributed by atoms with Gasteiger partial charge in [0.05, 0.1) is 0 Å². The summed E-state index contributed by atoms with van der Waals surface area (Å²) in [4.78, 5) is 11.2. The highest BCUT2D eigenvalue weighted by Crippen LogP contribution is 2.57. The van der Waals surface area contributed by atoms with Crippen LogP contribution in [0, 0.1) is 11.8 Å². The average Bonchev–Trinajstić information content (AvgIpc) is 2.88. The minimum Gasteiger partial charge on any atom is -0.504 e. The molecule has 1 aromatic carbocycles. The molecule has 2 aliphatic carbocycles. The molecule has 2 heteroatoms. The molecule has 15 heavy (non-hydrogen) atoms. The van der Waals surface area contributed by atoms with E-state index in [1.807, 2.05) is 12.1 Å². The van der Waals surface area contributed by atoms with E-state index in [4.69, 9.17) is 0 Å². The Morgan fingerprint density at radius 3 is 2.40 bits per heavy atom. The van der Waals surface area contributed by atoms with Crippen LogP contribution in [0.2, 0.25) is 0 Å². The topological polar surface area (TPSA) is 37.3 Å².